The van der Waals surface area contributed by atoms with Crippen molar-refractivity contribution in [3.05, 3.63) is 29.3 Å². The summed E-state index contributed by atoms with van der Waals surface area (Å²) in [5.41, 5.74) is 8.27. The van der Waals surface area contributed by atoms with Crippen molar-refractivity contribution in [2.24, 2.45) is 11.7 Å². The normalized spacial score (nSPS) is 18.5. The average Bonchev–Trinajstić information content (AvgIpc) is 2.55. The van der Waals surface area contributed by atoms with E-state index in [-0.39, 0.29) is 11.9 Å². The Labute approximate surface area is 146 Å². The zero-order chi connectivity index (χ0) is 17.9. The molecule has 4 nitrogen and oxygen atoms in total. The van der Waals surface area contributed by atoms with Crippen LogP contribution in [0.25, 0.3) is 0 Å². The van der Waals surface area contributed by atoms with E-state index in [9.17, 15) is 4.79 Å². The molecule has 134 valence electrons. The minimum atomic E-state index is -0.460. The maximum Gasteiger partial charge on any atom is 0.263 e. The quantitative estimate of drug-likeness (QED) is 0.898. The van der Waals surface area contributed by atoms with Gasteiger partial charge in [0.15, 0.2) is 6.10 Å². The second-order valence-electron chi connectivity index (χ2n) is 7.46. The third-order valence-electron chi connectivity index (χ3n) is 5.13. The van der Waals surface area contributed by atoms with Gasteiger partial charge in [-0.3, -0.25) is 4.79 Å². The SMILES string of the molecule is Cc1ccc(C(C)C)cc1OC(C)C(=O)N1CCC(C(C)N)CC1. The molecule has 2 unspecified atom stereocenters. The van der Waals surface area contributed by atoms with Gasteiger partial charge in [-0.05, 0) is 62.6 Å². The first kappa shape index (κ1) is 18.8. The molecule has 1 heterocycles. The molecule has 0 aromatic heterocycles. The van der Waals surface area contributed by atoms with E-state index >= 15 is 0 Å². The van der Waals surface area contributed by atoms with Gasteiger partial charge in [0.2, 0.25) is 0 Å². The van der Waals surface area contributed by atoms with Crippen LogP contribution in [0.15, 0.2) is 18.2 Å². The summed E-state index contributed by atoms with van der Waals surface area (Å²) in [7, 11) is 0. The summed E-state index contributed by atoms with van der Waals surface area (Å²) in [4.78, 5) is 14.6. The maximum atomic E-state index is 12.7. The number of amides is 1. The van der Waals surface area contributed by atoms with E-state index in [1.807, 2.05) is 18.7 Å². The number of carbonyl (C=O) groups excluding carboxylic acids is 1. The van der Waals surface area contributed by atoms with E-state index in [1.54, 1.807) is 0 Å². The fourth-order valence-electron chi connectivity index (χ4n) is 3.25. The van der Waals surface area contributed by atoms with Crippen molar-refractivity contribution in [2.75, 3.05) is 13.1 Å². The van der Waals surface area contributed by atoms with Gasteiger partial charge in [0, 0.05) is 19.1 Å². The fraction of sp³-hybridized carbons (Fsp3) is 0.650. The van der Waals surface area contributed by atoms with E-state index in [4.69, 9.17) is 10.5 Å². The predicted molar refractivity (Wildman–Crippen MR) is 98.3 cm³/mol. The summed E-state index contributed by atoms with van der Waals surface area (Å²) < 4.78 is 6.01. The minimum absolute atomic E-state index is 0.0764. The monoisotopic (exact) mass is 332 g/mol. The molecule has 1 aliphatic rings. The minimum Gasteiger partial charge on any atom is -0.481 e. The lowest BCUT2D eigenvalue weighted by Gasteiger charge is -2.35. The van der Waals surface area contributed by atoms with Crippen molar-refractivity contribution in [1.29, 1.82) is 0 Å². The Morgan fingerprint density at radius 1 is 1.21 bits per heavy atom. The molecule has 1 aromatic carbocycles. The number of nitrogens with two attached hydrogens (primary N) is 1. The van der Waals surface area contributed by atoms with Crippen LogP contribution in [0.3, 0.4) is 0 Å². The molecule has 0 saturated carbocycles. The number of hydrogen-bond acceptors (Lipinski definition) is 3. The number of benzene rings is 1. The molecule has 24 heavy (non-hydrogen) atoms. The highest BCUT2D eigenvalue weighted by Gasteiger charge is 2.28. The van der Waals surface area contributed by atoms with Gasteiger partial charge in [0.05, 0.1) is 0 Å². The molecule has 2 rings (SSSR count). The molecule has 0 aliphatic carbocycles. The van der Waals surface area contributed by atoms with Gasteiger partial charge < -0.3 is 15.4 Å². The van der Waals surface area contributed by atoms with Crippen LogP contribution in [0, 0.1) is 12.8 Å². The van der Waals surface area contributed by atoms with Crippen LogP contribution >= 0.6 is 0 Å². The molecule has 4 heteroatoms. The van der Waals surface area contributed by atoms with Crippen LogP contribution in [-0.2, 0) is 4.79 Å². The molecule has 2 atom stereocenters. The zero-order valence-corrected chi connectivity index (χ0v) is 15.7. The zero-order valence-electron chi connectivity index (χ0n) is 15.7. The number of carbonyl (C=O) groups is 1. The fourth-order valence-corrected chi connectivity index (χ4v) is 3.25. The molecule has 1 fully saturated rings. The van der Waals surface area contributed by atoms with Crippen molar-refractivity contribution in [3.63, 3.8) is 0 Å². The van der Waals surface area contributed by atoms with E-state index in [0.29, 0.717) is 11.8 Å². The van der Waals surface area contributed by atoms with E-state index < -0.39 is 6.10 Å². The molecule has 0 radical (unpaired) electrons. The van der Waals surface area contributed by atoms with Crippen molar-refractivity contribution in [3.8, 4) is 5.75 Å². The van der Waals surface area contributed by atoms with Crippen LogP contribution in [0.4, 0.5) is 0 Å². The molecular weight excluding hydrogens is 300 g/mol. The lowest BCUT2D eigenvalue weighted by Crippen LogP contribution is -2.47. The Kier molecular flexibility index (Phi) is 6.27. The molecular formula is C20H32N2O2. The third-order valence-corrected chi connectivity index (χ3v) is 5.13. The van der Waals surface area contributed by atoms with Crippen LogP contribution in [-0.4, -0.2) is 36.0 Å². The van der Waals surface area contributed by atoms with E-state index in [0.717, 1.165) is 37.2 Å². The summed E-state index contributed by atoms with van der Waals surface area (Å²) in [6.07, 6.45) is 1.51. The standard InChI is InChI=1S/C20H32N2O2/c1-13(2)18-7-6-14(3)19(12-18)24-16(5)20(23)22-10-8-17(9-11-22)15(4)21/h6-7,12-13,15-17H,8-11,21H2,1-5H3. The molecule has 0 bridgehead atoms. The molecule has 1 saturated heterocycles. The maximum absolute atomic E-state index is 12.7. The largest absolute Gasteiger partial charge is 0.481 e. The van der Waals surface area contributed by atoms with Gasteiger partial charge >= 0.3 is 0 Å². The first-order valence-corrected chi connectivity index (χ1v) is 9.11. The van der Waals surface area contributed by atoms with E-state index in [2.05, 4.69) is 39.0 Å². The molecule has 1 amide bonds. The highest BCUT2D eigenvalue weighted by atomic mass is 16.5. The van der Waals surface area contributed by atoms with Gasteiger partial charge in [0.1, 0.15) is 5.75 Å². The summed E-state index contributed by atoms with van der Waals surface area (Å²) in [6, 6.07) is 6.46. The van der Waals surface area contributed by atoms with Gasteiger partial charge in [-0.25, -0.2) is 0 Å². The number of likely N-dealkylation sites (tertiary alicyclic amines) is 1. The highest BCUT2D eigenvalue weighted by Crippen LogP contribution is 2.26. The topological polar surface area (TPSA) is 55.6 Å². The number of hydrogen-bond donors (Lipinski definition) is 1. The predicted octanol–water partition coefficient (Wildman–Crippen LogP) is 3.47. The van der Waals surface area contributed by atoms with Crippen LogP contribution in [0.2, 0.25) is 0 Å². The Bertz CT molecular complexity index is 561. The smallest absolute Gasteiger partial charge is 0.263 e. The molecule has 1 aliphatic heterocycles. The first-order chi connectivity index (χ1) is 11.3. The first-order valence-electron chi connectivity index (χ1n) is 9.11. The second-order valence-corrected chi connectivity index (χ2v) is 7.46. The van der Waals surface area contributed by atoms with Crippen molar-refractivity contribution < 1.29 is 9.53 Å². The lowest BCUT2D eigenvalue weighted by atomic mass is 9.91. The molecule has 2 N–H and O–H groups in total. The number of ether oxygens (including phenoxy) is 1. The number of aryl methyl sites for hydroxylation is 1. The van der Waals surface area contributed by atoms with Gasteiger partial charge in [0.25, 0.3) is 5.91 Å². The lowest BCUT2D eigenvalue weighted by molar-refractivity contribution is -0.139. The van der Waals surface area contributed by atoms with Crippen LogP contribution in [0.1, 0.15) is 57.6 Å². The Morgan fingerprint density at radius 2 is 1.83 bits per heavy atom. The van der Waals surface area contributed by atoms with Gasteiger partial charge in [-0.1, -0.05) is 26.0 Å². The summed E-state index contributed by atoms with van der Waals surface area (Å²) in [5.74, 6) is 1.85. The number of rotatable bonds is 5. The highest BCUT2D eigenvalue weighted by molar-refractivity contribution is 5.81. The number of nitrogens with zero attached hydrogens (tertiary/aromatic N) is 1. The molecule has 0 spiro atoms. The third kappa shape index (κ3) is 4.50. The van der Waals surface area contributed by atoms with Crippen molar-refractivity contribution in [2.45, 2.75) is 65.5 Å². The molecule has 1 aromatic rings. The van der Waals surface area contributed by atoms with Crippen LogP contribution < -0.4 is 10.5 Å². The Morgan fingerprint density at radius 3 is 2.38 bits per heavy atom. The average molecular weight is 332 g/mol. The second kappa shape index (κ2) is 8.02. The summed E-state index contributed by atoms with van der Waals surface area (Å²) in [6.45, 7) is 11.8. The summed E-state index contributed by atoms with van der Waals surface area (Å²) >= 11 is 0. The number of piperidine rings is 1. The summed E-state index contributed by atoms with van der Waals surface area (Å²) in [5, 5.41) is 0. The Balaban J connectivity index is 1.98. The van der Waals surface area contributed by atoms with E-state index in [1.165, 1.54) is 5.56 Å². The van der Waals surface area contributed by atoms with Gasteiger partial charge in [-0.15, -0.1) is 0 Å². The van der Waals surface area contributed by atoms with Crippen molar-refractivity contribution in [1.82, 2.24) is 4.90 Å². The van der Waals surface area contributed by atoms with Gasteiger partial charge in [-0.2, -0.15) is 0 Å². The van der Waals surface area contributed by atoms with Crippen LogP contribution in [0.5, 0.6) is 5.75 Å². The Hall–Kier alpha value is -1.55. The van der Waals surface area contributed by atoms with Crippen molar-refractivity contribution >= 4 is 5.91 Å².